The summed E-state index contributed by atoms with van der Waals surface area (Å²) in [7, 11) is 0. The standard InChI is InChI=1S/C18H14F3NO3/c1-18(25)13-3-2-9(4-10(13)5-16(18)23)17(24)22-8-12-14(20)6-11(19)7-15(12)21/h2-4,6-7,25H,5,8H2,1H3,(H,22,24). The van der Waals surface area contributed by atoms with E-state index < -0.39 is 41.1 Å². The Balaban J connectivity index is 1.78. The number of rotatable bonds is 3. The zero-order valence-corrected chi connectivity index (χ0v) is 13.2. The first kappa shape index (κ1) is 17.2. The van der Waals surface area contributed by atoms with Gasteiger partial charge in [0.1, 0.15) is 23.1 Å². The van der Waals surface area contributed by atoms with Crippen LogP contribution in [-0.2, 0) is 23.4 Å². The van der Waals surface area contributed by atoms with Crippen LogP contribution in [-0.4, -0.2) is 16.8 Å². The number of halogens is 3. The molecule has 1 atom stereocenters. The van der Waals surface area contributed by atoms with Gasteiger partial charge in [-0.25, -0.2) is 13.2 Å². The highest BCUT2D eigenvalue weighted by atomic mass is 19.1. The molecular weight excluding hydrogens is 335 g/mol. The van der Waals surface area contributed by atoms with Gasteiger partial charge in [0, 0.05) is 36.2 Å². The zero-order chi connectivity index (χ0) is 18.4. The molecule has 0 saturated carbocycles. The molecule has 2 aromatic rings. The lowest BCUT2D eigenvalue weighted by molar-refractivity contribution is -0.133. The number of benzene rings is 2. The molecule has 1 amide bonds. The van der Waals surface area contributed by atoms with Crippen LogP contribution in [0.2, 0.25) is 0 Å². The van der Waals surface area contributed by atoms with Crippen molar-refractivity contribution in [3.63, 3.8) is 0 Å². The van der Waals surface area contributed by atoms with Crippen LogP contribution in [0.25, 0.3) is 0 Å². The smallest absolute Gasteiger partial charge is 0.251 e. The Hall–Kier alpha value is -2.67. The molecule has 0 bridgehead atoms. The molecule has 0 radical (unpaired) electrons. The average molecular weight is 349 g/mol. The Bertz CT molecular complexity index is 870. The van der Waals surface area contributed by atoms with Gasteiger partial charge in [0.05, 0.1) is 0 Å². The maximum atomic E-state index is 13.6. The minimum absolute atomic E-state index is 0.00463. The van der Waals surface area contributed by atoms with E-state index in [4.69, 9.17) is 0 Å². The maximum absolute atomic E-state index is 13.6. The van der Waals surface area contributed by atoms with E-state index in [1.165, 1.54) is 25.1 Å². The predicted molar refractivity (Wildman–Crippen MR) is 82.2 cm³/mol. The van der Waals surface area contributed by atoms with Gasteiger partial charge in [-0.15, -0.1) is 0 Å². The lowest BCUT2D eigenvalue weighted by Gasteiger charge is -2.16. The third-order valence-corrected chi connectivity index (χ3v) is 4.32. The van der Waals surface area contributed by atoms with Crippen LogP contribution in [0.15, 0.2) is 30.3 Å². The summed E-state index contributed by atoms with van der Waals surface area (Å²) >= 11 is 0. The zero-order valence-electron chi connectivity index (χ0n) is 13.2. The summed E-state index contributed by atoms with van der Waals surface area (Å²) in [6.45, 7) is 0.936. The molecule has 2 N–H and O–H groups in total. The second kappa shape index (κ2) is 6.00. The molecule has 2 aromatic carbocycles. The van der Waals surface area contributed by atoms with Crippen LogP contribution in [0.5, 0.6) is 0 Å². The summed E-state index contributed by atoms with van der Waals surface area (Å²) < 4.78 is 40.0. The number of amides is 1. The van der Waals surface area contributed by atoms with Crippen molar-refractivity contribution >= 4 is 11.7 Å². The summed E-state index contributed by atoms with van der Waals surface area (Å²) in [4.78, 5) is 24.0. The molecule has 1 aliphatic carbocycles. The highest BCUT2D eigenvalue weighted by molar-refractivity contribution is 5.98. The number of hydrogen-bond acceptors (Lipinski definition) is 3. The Kier molecular flexibility index (Phi) is 4.12. The lowest BCUT2D eigenvalue weighted by Crippen LogP contribution is -2.27. The molecule has 0 heterocycles. The van der Waals surface area contributed by atoms with Gasteiger partial charge >= 0.3 is 0 Å². The monoisotopic (exact) mass is 349 g/mol. The summed E-state index contributed by atoms with van der Waals surface area (Å²) in [6.07, 6.45) is 0.00463. The van der Waals surface area contributed by atoms with E-state index in [2.05, 4.69) is 5.32 Å². The largest absolute Gasteiger partial charge is 0.378 e. The molecular formula is C18H14F3NO3. The first-order chi connectivity index (χ1) is 11.7. The van der Waals surface area contributed by atoms with E-state index in [1.807, 2.05) is 0 Å². The third-order valence-electron chi connectivity index (χ3n) is 4.32. The fraction of sp³-hybridized carbons (Fsp3) is 0.222. The SMILES string of the molecule is CC1(O)C(=O)Cc2cc(C(=O)NCc3c(F)cc(F)cc3F)ccc21. The third kappa shape index (κ3) is 3.02. The lowest BCUT2D eigenvalue weighted by atomic mass is 9.96. The molecule has 0 aliphatic heterocycles. The maximum Gasteiger partial charge on any atom is 0.251 e. The van der Waals surface area contributed by atoms with Crippen LogP contribution in [0.1, 0.15) is 34.0 Å². The minimum atomic E-state index is -1.58. The Labute approximate surface area is 141 Å². The van der Waals surface area contributed by atoms with Gasteiger partial charge in [-0.1, -0.05) is 6.07 Å². The number of fused-ring (bicyclic) bond motifs is 1. The van der Waals surface area contributed by atoms with Crippen LogP contribution >= 0.6 is 0 Å². The van der Waals surface area contributed by atoms with E-state index in [1.54, 1.807) is 0 Å². The van der Waals surface area contributed by atoms with Crippen molar-refractivity contribution in [3.05, 3.63) is 70.0 Å². The molecule has 4 nitrogen and oxygen atoms in total. The van der Waals surface area contributed by atoms with Crippen molar-refractivity contribution in [1.82, 2.24) is 5.32 Å². The predicted octanol–water partition coefficient (Wildman–Crippen LogP) is 2.37. The Morgan fingerprint density at radius 3 is 2.48 bits per heavy atom. The first-order valence-electron chi connectivity index (χ1n) is 7.51. The van der Waals surface area contributed by atoms with Crippen molar-refractivity contribution < 1.29 is 27.9 Å². The Morgan fingerprint density at radius 2 is 1.84 bits per heavy atom. The summed E-state index contributed by atoms with van der Waals surface area (Å²) in [5.74, 6) is -4.19. The van der Waals surface area contributed by atoms with Crippen LogP contribution in [0.4, 0.5) is 13.2 Å². The summed E-state index contributed by atoms with van der Waals surface area (Å²) in [5.41, 5.74) is -0.877. The number of aliphatic hydroxyl groups is 1. The normalized spacial score (nSPS) is 19.0. The van der Waals surface area contributed by atoms with E-state index in [-0.39, 0.29) is 17.8 Å². The van der Waals surface area contributed by atoms with Gasteiger partial charge in [0.15, 0.2) is 5.78 Å². The molecule has 25 heavy (non-hydrogen) atoms. The number of carbonyl (C=O) groups is 2. The van der Waals surface area contributed by atoms with Gasteiger partial charge in [0.25, 0.3) is 5.91 Å². The molecule has 0 saturated heterocycles. The van der Waals surface area contributed by atoms with Crippen molar-refractivity contribution in [2.45, 2.75) is 25.5 Å². The topological polar surface area (TPSA) is 66.4 Å². The van der Waals surface area contributed by atoms with E-state index >= 15 is 0 Å². The summed E-state index contributed by atoms with van der Waals surface area (Å²) in [5, 5.41) is 12.5. The molecule has 1 unspecified atom stereocenters. The number of nitrogens with one attached hydrogen (secondary N) is 1. The fourth-order valence-electron chi connectivity index (χ4n) is 2.86. The van der Waals surface area contributed by atoms with Gasteiger partial charge < -0.3 is 10.4 Å². The second-order valence-electron chi connectivity index (χ2n) is 6.07. The van der Waals surface area contributed by atoms with Crippen molar-refractivity contribution in [2.75, 3.05) is 0 Å². The molecule has 130 valence electrons. The van der Waals surface area contributed by atoms with Gasteiger partial charge in [-0.3, -0.25) is 9.59 Å². The van der Waals surface area contributed by atoms with E-state index in [0.29, 0.717) is 23.3 Å². The van der Waals surface area contributed by atoms with Gasteiger partial charge in [0.2, 0.25) is 0 Å². The summed E-state index contributed by atoms with van der Waals surface area (Å²) in [6, 6.07) is 5.43. The number of carbonyl (C=O) groups excluding carboxylic acids is 2. The van der Waals surface area contributed by atoms with Crippen LogP contribution < -0.4 is 5.32 Å². The van der Waals surface area contributed by atoms with Gasteiger partial charge in [-0.2, -0.15) is 0 Å². The van der Waals surface area contributed by atoms with Crippen molar-refractivity contribution in [2.24, 2.45) is 0 Å². The van der Waals surface area contributed by atoms with E-state index in [0.717, 1.165) is 0 Å². The first-order valence-corrected chi connectivity index (χ1v) is 7.51. The van der Waals surface area contributed by atoms with Gasteiger partial charge in [-0.05, 0) is 30.2 Å². The minimum Gasteiger partial charge on any atom is -0.378 e. The van der Waals surface area contributed by atoms with Crippen LogP contribution in [0.3, 0.4) is 0 Å². The fourth-order valence-corrected chi connectivity index (χ4v) is 2.86. The second-order valence-corrected chi connectivity index (χ2v) is 6.07. The molecule has 0 fully saturated rings. The average Bonchev–Trinajstić information content (AvgIpc) is 2.75. The highest BCUT2D eigenvalue weighted by Crippen LogP contribution is 2.34. The highest BCUT2D eigenvalue weighted by Gasteiger charge is 2.40. The van der Waals surface area contributed by atoms with Crippen molar-refractivity contribution in [3.8, 4) is 0 Å². The van der Waals surface area contributed by atoms with Crippen molar-refractivity contribution in [1.29, 1.82) is 0 Å². The number of hydrogen-bond donors (Lipinski definition) is 2. The molecule has 0 spiro atoms. The molecule has 7 heteroatoms. The number of ketones is 1. The molecule has 1 aliphatic rings. The van der Waals surface area contributed by atoms with Crippen LogP contribution in [0, 0.1) is 17.5 Å². The molecule has 0 aromatic heterocycles. The molecule has 3 rings (SSSR count). The Morgan fingerprint density at radius 1 is 1.20 bits per heavy atom. The quantitative estimate of drug-likeness (QED) is 0.894. The number of Topliss-reactive ketones (excluding diaryl/α,β-unsaturated/α-hetero) is 1. The van der Waals surface area contributed by atoms with E-state index in [9.17, 15) is 27.9 Å².